The molecular weight excluding hydrogens is 318 g/mol. The van der Waals surface area contributed by atoms with Gasteiger partial charge in [0.15, 0.2) is 0 Å². The van der Waals surface area contributed by atoms with E-state index >= 15 is 0 Å². The highest BCUT2D eigenvalue weighted by molar-refractivity contribution is 5.87. The van der Waals surface area contributed by atoms with E-state index in [1.54, 1.807) is 18.2 Å². The molecule has 2 N–H and O–H groups in total. The third-order valence-electron chi connectivity index (χ3n) is 3.76. The van der Waals surface area contributed by atoms with Crippen LogP contribution in [0.3, 0.4) is 0 Å². The van der Waals surface area contributed by atoms with Crippen LogP contribution in [-0.2, 0) is 22.6 Å². The van der Waals surface area contributed by atoms with Crippen LogP contribution in [0.15, 0.2) is 54.6 Å². The van der Waals surface area contributed by atoms with Crippen LogP contribution in [-0.4, -0.2) is 30.1 Å². The standard InChI is InChI=1S/C20H23NO4/c1-15(10-17-8-5-9-18(11-17)20(23)24)12-21-13-19(22)25-14-16-6-3-2-4-7-16/h2-9,11,15,21H,10,12-14H2,1H3,(H,23,24). The van der Waals surface area contributed by atoms with E-state index in [0.717, 1.165) is 17.5 Å². The van der Waals surface area contributed by atoms with Crippen molar-refractivity contribution in [3.05, 3.63) is 71.3 Å². The molecule has 0 radical (unpaired) electrons. The van der Waals surface area contributed by atoms with Crippen LogP contribution in [0.1, 0.15) is 28.4 Å². The van der Waals surface area contributed by atoms with Crippen molar-refractivity contribution in [2.24, 2.45) is 5.92 Å². The Balaban J connectivity index is 1.68. The zero-order valence-corrected chi connectivity index (χ0v) is 14.3. The van der Waals surface area contributed by atoms with Gasteiger partial charge in [0.05, 0.1) is 12.1 Å². The molecular formula is C20H23NO4. The summed E-state index contributed by atoms with van der Waals surface area (Å²) >= 11 is 0. The molecule has 0 aromatic heterocycles. The fourth-order valence-corrected chi connectivity index (χ4v) is 2.52. The molecule has 25 heavy (non-hydrogen) atoms. The van der Waals surface area contributed by atoms with E-state index in [2.05, 4.69) is 12.2 Å². The molecule has 2 aromatic rings. The minimum absolute atomic E-state index is 0.159. The van der Waals surface area contributed by atoms with Crippen molar-refractivity contribution >= 4 is 11.9 Å². The van der Waals surface area contributed by atoms with Crippen LogP contribution < -0.4 is 5.32 Å². The minimum Gasteiger partial charge on any atom is -0.478 e. The molecule has 5 nitrogen and oxygen atoms in total. The molecule has 0 aliphatic heterocycles. The van der Waals surface area contributed by atoms with Gasteiger partial charge in [0.1, 0.15) is 6.61 Å². The van der Waals surface area contributed by atoms with Crippen LogP contribution in [0, 0.1) is 5.92 Å². The summed E-state index contributed by atoms with van der Waals surface area (Å²) in [5.41, 5.74) is 2.23. The van der Waals surface area contributed by atoms with Crippen molar-refractivity contribution < 1.29 is 19.4 Å². The molecule has 132 valence electrons. The van der Waals surface area contributed by atoms with Gasteiger partial charge in [-0.3, -0.25) is 4.79 Å². The zero-order valence-electron chi connectivity index (χ0n) is 14.3. The number of carboxylic acid groups (broad SMARTS) is 1. The van der Waals surface area contributed by atoms with Crippen molar-refractivity contribution in [3.63, 3.8) is 0 Å². The number of nitrogens with one attached hydrogen (secondary N) is 1. The first-order chi connectivity index (χ1) is 12.0. The van der Waals surface area contributed by atoms with Gasteiger partial charge in [-0.1, -0.05) is 49.4 Å². The molecule has 2 rings (SSSR count). The van der Waals surface area contributed by atoms with Crippen molar-refractivity contribution in [1.29, 1.82) is 0 Å². The first-order valence-corrected chi connectivity index (χ1v) is 8.27. The quantitative estimate of drug-likeness (QED) is 0.686. The van der Waals surface area contributed by atoms with E-state index in [0.29, 0.717) is 12.1 Å². The SMILES string of the molecule is CC(CNCC(=O)OCc1ccccc1)Cc1cccc(C(=O)O)c1. The largest absolute Gasteiger partial charge is 0.478 e. The maximum absolute atomic E-state index is 11.7. The number of hydrogen-bond acceptors (Lipinski definition) is 4. The van der Waals surface area contributed by atoms with Crippen LogP contribution in [0.5, 0.6) is 0 Å². The van der Waals surface area contributed by atoms with Gasteiger partial charge in [0.2, 0.25) is 0 Å². The summed E-state index contributed by atoms with van der Waals surface area (Å²) in [7, 11) is 0. The molecule has 0 fully saturated rings. The summed E-state index contributed by atoms with van der Waals surface area (Å²) < 4.78 is 5.20. The second kappa shape index (κ2) is 9.59. The molecule has 0 spiro atoms. The Labute approximate surface area is 147 Å². The number of ether oxygens (including phenoxy) is 1. The average Bonchev–Trinajstić information content (AvgIpc) is 2.61. The van der Waals surface area contributed by atoms with Crippen molar-refractivity contribution in [1.82, 2.24) is 5.32 Å². The highest BCUT2D eigenvalue weighted by atomic mass is 16.5. The maximum Gasteiger partial charge on any atom is 0.335 e. The lowest BCUT2D eigenvalue weighted by atomic mass is 9.99. The number of benzene rings is 2. The number of hydrogen-bond donors (Lipinski definition) is 2. The van der Waals surface area contributed by atoms with Crippen LogP contribution in [0.4, 0.5) is 0 Å². The molecule has 0 saturated heterocycles. The fraction of sp³-hybridized carbons (Fsp3) is 0.300. The highest BCUT2D eigenvalue weighted by Crippen LogP contribution is 2.11. The van der Waals surface area contributed by atoms with Crippen LogP contribution in [0.25, 0.3) is 0 Å². The molecule has 1 unspecified atom stereocenters. The van der Waals surface area contributed by atoms with Crippen molar-refractivity contribution in [2.75, 3.05) is 13.1 Å². The lowest BCUT2D eigenvalue weighted by Gasteiger charge is -2.13. The average molecular weight is 341 g/mol. The zero-order chi connectivity index (χ0) is 18.1. The topological polar surface area (TPSA) is 75.6 Å². The van der Waals surface area contributed by atoms with E-state index in [9.17, 15) is 9.59 Å². The Morgan fingerprint density at radius 1 is 1.08 bits per heavy atom. The third-order valence-corrected chi connectivity index (χ3v) is 3.76. The number of esters is 1. The first kappa shape index (κ1) is 18.7. The van der Waals surface area contributed by atoms with Crippen molar-refractivity contribution in [3.8, 4) is 0 Å². The third kappa shape index (κ3) is 6.77. The summed E-state index contributed by atoms with van der Waals surface area (Å²) in [5.74, 6) is -0.941. The number of carboxylic acids is 1. The Morgan fingerprint density at radius 2 is 1.80 bits per heavy atom. The van der Waals surface area contributed by atoms with E-state index in [1.807, 2.05) is 36.4 Å². The summed E-state index contributed by atoms with van der Waals surface area (Å²) in [4.78, 5) is 22.7. The van der Waals surface area contributed by atoms with Crippen LogP contribution in [0.2, 0.25) is 0 Å². The summed E-state index contributed by atoms with van der Waals surface area (Å²) in [6.07, 6.45) is 0.743. The van der Waals surface area contributed by atoms with Gasteiger partial charge in [-0.05, 0) is 42.1 Å². The predicted molar refractivity (Wildman–Crippen MR) is 95.4 cm³/mol. The monoisotopic (exact) mass is 341 g/mol. The fourth-order valence-electron chi connectivity index (χ4n) is 2.52. The smallest absolute Gasteiger partial charge is 0.335 e. The van der Waals surface area contributed by atoms with E-state index in [4.69, 9.17) is 9.84 Å². The van der Waals surface area contributed by atoms with Gasteiger partial charge in [-0.2, -0.15) is 0 Å². The summed E-state index contributed by atoms with van der Waals surface area (Å²) in [5, 5.41) is 12.1. The number of carbonyl (C=O) groups is 2. The normalized spacial score (nSPS) is 11.7. The highest BCUT2D eigenvalue weighted by Gasteiger charge is 2.09. The second-order valence-corrected chi connectivity index (χ2v) is 6.09. The Hall–Kier alpha value is -2.66. The van der Waals surface area contributed by atoms with E-state index in [1.165, 1.54) is 0 Å². The molecule has 0 bridgehead atoms. The maximum atomic E-state index is 11.7. The van der Waals surface area contributed by atoms with E-state index in [-0.39, 0.29) is 25.0 Å². The lowest BCUT2D eigenvalue weighted by molar-refractivity contribution is -0.143. The van der Waals surface area contributed by atoms with Gasteiger partial charge in [0.25, 0.3) is 0 Å². The molecule has 0 aliphatic carbocycles. The van der Waals surface area contributed by atoms with Crippen molar-refractivity contribution in [2.45, 2.75) is 20.0 Å². The van der Waals surface area contributed by atoms with Gasteiger partial charge in [-0.15, -0.1) is 0 Å². The second-order valence-electron chi connectivity index (χ2n) is 6.09. The van der Waals surface area contributed by atoms with E-state index < -0.39 is 5.97 Å². The molecule has 0 amide bonds. The Kier molecular flexibility index (Phi) is 7.16. The number of aromatic carboxylic acids is 1. The minimum atomic E-state index is -0.922. The summed E-state index contributed by atoms with van der Waals surface area (Å²) in [6.45, 7) is 3.14. The molecule has 0 aliphatic rings. The molecule has 5 heteroatoms. The van der Waals surface area contributed by atoms with Gasteiger partial charge in [0, 0.05) is 0 Å². The molecule has 2 aromatic carbocycles. The first-order valence-electron chi connectivity index (χ1n) is 8.27. The van der Waals surface area contributed by atoms with Gasteiger partial charge < -0.3 is 15.2 Å². The molecule has 0 heterocycles. The number of carbonyl (C=O) groups excluding carboxylic acids is 1. The predicted octanol–water partition coefficient (Wildman–Crippen LogP) is 2.90. The van der Waals surface area contributed by atoms with Gasteiger partial charge >= 0.3 is 11.9 Å². The Bertz CT molecular complexity index is 700. The molecule has 0 saturated carbocycles. The Morgan fingerprint density at radius 3 is 2.52 bits per heavy atom. The van der Waals surface area contributed by atoms with Crippen LogP contribution >= 0.6 is 0 Å². The summed E-state index contributed by atoms with van der Waals surface area (Å²) in [6, 6.07) is 16.5. The van der Waals surface area contributed by atoms with Gasteiger partial charge in [-0.25, -0.2) is 4.79 Å². The number of rotatable bonds is 9. The molecule has 1 atom stereocenters. The lowest BCUT2D eigenvalue weighted by Crippen LogP contribution is -2.29.